The van der Waals surface area contributed by atoms with E-state index in [4.69, 9.17) is 11.6 Å². The molecule has 2 aromatic rings. The van der Waals surface area contributed by atoms with Crippen LogP contribution in [-0.2, 0) is 6.42 Å². The summed E-state index contributed by atoms with van der Waals surface area (Å²) >= 11 is 8.07. The molecular weight excluding hydrogens is 336 g/mol. The molecule has 0 radical (unpaired) electrons. The fourth-order valence-corrected chi connectivity index (χ4v) is 1.77. The van der Waals surface area contributed by atoms with Gasteiger partial charge < -0.3 is 0 Å². The summed E-state index contributed by atoms with van der Waals surface area (Å²) in [4.78, 5) is 12.8. The smallest absolute Gasteiger partial charge is 0.179 e. The van der Waals surface area contributed by atoms with E-state index in [1.807, 2.05) is 12.1 Å². The molecule has 2 heterocycles. The molecule has 0 saturated carbocycles. The van der Waals surface area contributed by atoms with E-state index in [0.717, 1.165) is 21.2 Å². The Bertz CT molecular complexity index is 516. The molecule has 0 aliphatic rings. The summed E-state index contributed by atoms with van der Waals surface area (Å²) in [7, 11) is 0. The molecule has 0 saturated heterocycles. The highest BCUT2D eigenvalue weighted by atomic mass is 127. The number of hydrogen-bond acceptors (Lipinski definition) is 3. The van der Waals surface area contributed by atoms with E-state index in [9.17, 15) is 0 Å². The molecule has 82 valence electrons. The first kappa shape index (κ1) is 11.7. The Morgan fingerprint density at radius 1 is 1.38 bits per heavy atom. The van der Waals surface area contributed by atoms with Gasteiger partial charge in [-0.3, -0.25) is 4.98 Å². The lowest BCUT2D eigenvalue weighted by Crippen LogP contribution is -1.97. The summed E-state index contributed by atoms with van der Waals surface area (Å²) in [5.74, 6) is 0.586. The number of aromatic nitrogens is 3. The maximum Gasteiger partial charge on any atom is 0.179 e. The Morgan fingerprint density at radius 2 is 2.19 bits per heavy atom. The number of halogens is 2. The molecule has 0 atom stereocenters. The molecule has 0 fully saturated rings. The van der Waals surface area contributed by atoms with Gasteiger partial charge in [0.1, 0.15) is 10.8 Å². The van der Waals surface area contributed by atoms with Crippen LogP contribution in [0.5, 0.6) is 0 Å². The summed E-state index contributed by atoms with van der Waals surface area (Å²) < 4.78 is 0.844. The van der Waals surface area contributed by atoms with Crippen molar-refractivity contribution in [3.63, 3.8) is 0 Å². The first-order valence-electron chi connectivity index (χ1n) is 4.84. The van der Waals surface area contributed by atoms with Crippen LogP contribution in [0.25, 0.3) is 11.5 Å². The van der Waals surface area contributed by atoms with Crippen LogP contribution in [0.1, 0.15) is 12.5 Å². The zero-order valence-corrected chi connectivity index (χ0v) is 11.5. The van der Waals surface area contributed by atoms with Crippen LogP contribution in [0, 0.1) is 3.57 Å². The van der Waals surface area contributed by atoms with Crippen molar-refractivity contribution in [2.45, 2.75) is 13.3 Å². The first-order valence-corrected chi connectivity index (χ1v) is 6.30. The summed E-state index contributed by atoms with van der Waals surface area (Å²) in [6, 6.07) is 3.94. The summed E-state index contributed by atoms with van der Waals surface area (Å²) in [5.41, 5.74) is 1.93. The molecule has 16 heavy (non-hydrogen) atoms. The standard InChI is InChI=1S/C11H9ClIN3/c1-2-7-4-3-5-14-9(7)11-15-6-8(13)10(12)16-11/h3-6H,2H2,1H3. The largest absolute Gasteiger partial charge is 0.253 e. The number of hydrogen-bond donors (Lipinski definition) is 0. The third kappa shape index (κ3) is 2.32. The highest BCUT2D eigenvalue weighted by molar-refractivity contribution is 14.1. The molecule has 0 unspecified atom stereocenters. The minimum atomic E-state index is 0.471. The third-order valence-electron chi connectivity index (χ3n) is 2.19. The van der Waals surface area contributed by atoms with Crippen molar-refractivity contribution < 1.29 is 0 Å². The molecule has 3 nitrogen and oxygen atoms in total. The second-order valence-corrected chi connectivity index (χ2v) is 4.72. The van der Waals surface area contributed by atoms with E-state index in [-0.39, 0.29) is 0 Å². The van der Waals surface area contributed by atoms with Gasteiger partial charge in [-0.15, -0.1) is 0 Å². The summed E-state index contributed by atoms with van der Waals surface area (Å²) in [6.07, 6.45) is 4.35. The van der Waals surface area contributed by atoms with Crippen LogP contribution in [0.15, 0.2) is 24.5 Å². The maximum atomic E-state index is 5.97. The van der Waals surface area contributed by atoms with E-state index in [2.05, 4.69) is 44.5 Å². The molecule has 0 aliphatic carbocycles. The highest BCUT2D eigenvalue weighted by Crippen LogP contribution is 2.21. The average molecular weight is 346 g/mol. The molecule has 0 bridgehead atoms. The van der Waals surface area contributed by atoms with Crippen molar-refractivity contribution in [1.82, 2.24) is 15.0 Å². The lowest BCUT2D eigenvalue weighted by atomic mass is 10.1. The van der Waals surface area contributed by atoms with E-state index in [1.54, 1.807) is 12.4 Å². The Hall–Kier alpha value is -0.750. The average Bonchev–Trinajstić information content (AvgIpc) is 2.32. The van der Waals surface area contributed by atoms with Crippen LogP contribution < -0.4 is 0 Å². The van der Waals surface area contributed by atoms with E-state index < -0.39 is 0 Å². The van der Waals surface area contributed by atoms with Gasteiger partial charge in [0.15, 0.2) is 5.82 Å². The highest BCUT2D eigenvalue weighted by Gasteiger charge is 2.09. The Morgan fingerprint density at radius 3 is 2.88 bits per heavy atom. The molecule has 0 N–H and O–H groups in total. The van der Waals surface area contributed by atoms with E-state index in [0.29, 0.717) is 11.0 Å². The minimum Gasteiger partial charge on any atom is -0.253 e. The second-order valence-electron chi connectivity index (χ2n) is 3.20. The number of nitrogens with zero attached hydrogens (tertiary/aromatic N) is 3. The third-order valence-corrected chi connectivity index (χ3v) is 3.58. The summed E-state index contributed by atoms with van der Waals surface area (Å²) in [5, 5.41) is 0.471. The van der Waals surface area contributed by atoms with Crippen molar-refractivity contribution in [1.29, 1.82) is 0 Å². The number of rotatable bonds is 2. The van der Waals surface area contributed by atoms with Crippen LogP contribution in [-0.4, -0.2) is 15.0 Å². The van der Waals surface area contributed by atoms with Gasteiger partial charge in [0, 0.05) is 12.4 Å². The molecule has 0 spiro atoms. The molecule has 2 aromatic heterocycles. The Labute approximate surface area is 112 Å². The molecule has 2 rings (SSSR count). The Balaban J connectivity index is 2.54. The van der Waals surface area contributed by atoms with Crippen LogP contribution in [0.4, 0.5) is 0 Å². The van der Waals surface area contributed by atoms with Gasteiger partial charge in [-0.05, 0) is 40.6 Å². The van der Waals surface area contributed by atoms with Crippen molar-refractivity contribution in [3.8, 4) is 11.5 Å². The fraction of sp³-hybridized carbons (Fsp3) is 0.182. The molecule has 0 amide bonds. The second kappa shape index (κ2) is 5.05. The van der Waals surface area contributed by atoms with Gasteiger partial charge >= 0.3 is 0 Å². The van der Waals surface area contributed by atoms with Gasteiger partial charge in [-0.1, -0.05) is 24.6 Å². The molecule has 0 aromatic carbocycles. The summed E-state index contributed by atoms with van der Waals surface area (Å²) in [6.45, 7) is 2.08. The monoisotopic (exact) mass is 345 g/mol. The van der Waals surface area contributed by atoms with Crippen molar-refractivity contribution in [3.05, 3.63) is 38.8 Å². The van der Waals surface area contributed by atoms with Gasteiger partial charge in [-0.2, -0.15) is 0 Å². The Kier molecular flexibility index (Phi) is 3.70. The van der Waals surface area contributed by atoms with Crippen LogP contribution in [0.3, 0.4) is 0 Å². The van der Waals surface area contributed by atoms with E-state index in [1.165, 1.54) is 0 Å². The normalized spacial score (nSPS) is 10.4. The lowest BCUT2D eigenvalue weighted by molar-refractivity contribution is 1.06. The van der Waals surface area contributed by atoms with Crippen LogP contribution >= 0.6 is 34.2 Å². The zero-order valence-electron chi connectivity index (χ0n) is 8.61. The maximum absolute atomic E-state index is 5.97. The molecule has 0 aliphatic heterocycles. The van der Waals surface area contributed by atoms with Crippen molar-refractivity contribution >= 4 is 34.2 Å². The molecule has 5 heteroatoms. The predicted molar refractivity (Wildman–Crippen MR) is 72.4 cm³/mol. The minimum absolute atomic E-state index is 0.471. The van der Waals surface area contributed by atoms with Crippen molar-refractivity contribution in [2.75, 3.05) is 0 Å². The predicted octanol–water partition coefficient (Wildman–Crippen LogP) is 3.36. The first-order chi connectivity index (χ1) is 7.72. The fourth-order valence-electron chi connectivity index (χ4n) is 1.39. The zero-order chi connectivity index (χ0) is 11.5. The number of pyridine rings is 1. The van der Waals surface area contributed by atoms with Gasteiger partial charge in [0.05, 0.1) is 3.57 Å². The van der Waals surface area contributed by atoms with Gasteiger partial charge in [0.2, 0.25) is 0 Å². The van der Waals surface area contributed by atoms with Gasteiger partial charge in [-0.25, -0.2) is 9.97 Å². The van der Waals surface area contributed by atoms with E-state index >= 15 is 0 Å². The molecular formula is C11H9ClIN3. The van der Waals surface area contributed by atoms with Crippen LogP contribution in [0.2, 0.25) is 5.15 Å². The van der Waals surface area contributed by atoms with Gasteiger partial charge in [0.25, 0.3) is 0 Å². The quantitative estimate of drug-likeness (QED) is 0.619. The SMILES string of the molecule is CCc1cccnc1-c1ncc(I)c(Cl)n1. The lowest BCUT2D eigenvalue weighted by Gasteiger charge is -2.05. The number of aryl methyl sites for hydroxylation is 1. The van der Waals surface area contributed by atoms with Crippen molar-refractivity contribution in [2.24, 2.45) is 0 Å². The topological polar surface area (TPSA) is 38.7 Å².